The van der Waals surface area contributed by atoms with Crippen LogP contribution < -0.4 is 0 Å². The van der Waals surface area contributed by atoms with E-state index in [2.05, 4.69) is 13.8 Å². The molecular weight excluding hydrogens is 436 g/mol. The molecule has 0 bridgehead atoms. The Morgan fingerprint density at radius 2 is 1.50 bits per heavy atom. The predicted molar refractivity (Wildman–Crippen MR) is 123 cm³/mol. The molecule has 4 rings (SSSR count). The van der Waals surface area contributed by atoms with E-state index >= 15 is 0 Å². The van der Waals surface area contributed by atoms with Crippen LogP contribution >= 0.6 is 0 Å². The van der Waals surface area contributed by atoms with Gasteiger partial charge in [0.15, 0.2) is 0 Å². The summed E-state index contributed by atoms with van der Waals surface area (Å²) in [5.74, 6) is 0.367. The molecule has 0 unspecified atom stereocenters. The molecule has 34 heavy (non-hydrogen) atoms. The Morgan fingerprint density at radius 3 is 2.12 bits per heavy atom. The van der Waals surface area contributed by atoms with Gasteiger partial charge in [0.1, 0.15) is 24.1 Å². The van der Waals surface area contributed by atoms with Crippen LogP contribution in [0.25, 0.3) is 0 Å². The minimum atomic E-state index is -0.575. The van der Waals surface area contributed by atoms with Crippen LogP contribution in [-0.4, -0.2) is 42.0 Å². The number of Topliss-reactive ketones (excluding diaryl/α,β-unsaturated/α-hetero) is 1. The number of carbonyl (C=O) groups excluding carboxylic acids is 4. The van der Waals surface area contributed by atoms with Gasteiger partial charge in [-0.05, 0) is 74.0 Å². The highest BCUT2D eigenvalue weighted by Gasteiger charge is 2.64. The van der Waals surface area contributed by atoms with Crippen LogP contribution in [0, 0.1) is 40.4 Å². The molecule has 4 aliphatic carbocycles. The summed E-state index contributed by atoms with van der Waals surface area (Å²) >= 11 is 0. The Hall–Kier alpha value is -1.92. The second-order valence-electron chi connectivity index (χ2n) is 11.9. The normalized spacial score (nSPS) is 44.2. The Morgan fingerprint density at radius 1 is 0.882 bits per heavy atom. The number of esters is 3. The molecule has 0 saturated heterocycles. The molecular formula is C27H40O7. The Labute approximate surface area is 202 Å². The van der Waals surface area contributed by atoms with Crippen molar-refractivity contribution in [1.29, 1.82) is 0 Å². The van der Waals surface area contributed by atoms with Crippen molar-refractivity contribution in [3.63, 3.8) is 0 Å². The van der Waals surface area contributed by atoms with E-state index in [-0.39, 0.29) is 40.5 Å². The summed E-state index contributed by atoms with van der Waals surface area (Å²) in [4.78, 5) is 48.8. The van der Waals surface area contributed by atoms with Gasteiger partial charge in [0, 0.05) is 39.0 Å². The summed E-state index contributed by atoms with van der Waals surface area (Å²) in [6.07, 6.45) is 4.40. The van der Waals surface area contributed by atoms with Gasteiger partial charge in [-0.2, -0.15) is 0 Å². The van der Waals surface area contributed by atoms with E-state index in [4.69, 9.17) is 14.2 Å². The molecule has 0 amide bonds. The number of carbonyl (C=O) groups is 4. The van der Waals surface area contributed by atoms with E-state index < -0.39 is 24.1 Å². The molecule has 190 valence electrons. The van der Waals surface area contributed by atoms with E-state index in [0.29, 0.717) is 37.0 Å². The number of ether oxygens (including phenoxy) is 3. The zero-order chi connectivity index (χ0) is 25.0. The molecule has 0 spiro atoms. The molecule has 7 nitrogen and oxygen atoms in total. The number of hydrogen-bond donors (Lipinski definition) is 0. The van der Waals surface area contributed by atoms with E-state index in [1.54, 1.807) is 0 Å². The minimum Gasteiger partial charge on any atom is -0.463 e. The Balaban J connectivity index is 1.61. The number of hydrogen-bond acceptors (Lipinski definition) is 7. The smallest absolute Gasteiger partial charge is 0.303 e. The zero-order valence-corrected chi connectivity index (χ0v) is 21.4. The lowest BCUT2D eigenvalue weighted by molar-refractivity contribution is -0.196. The lowest BCUT2D eigenvalue weighted by atomic mass is 9.44. The van der Waals surface area contributed by atoms with Crippen molar-refractivity contribution in [3.05, 3.63) is 0 Å². The van der Waals surface area contributed by atoms with Crippen molar-refractivity contribution in [2.45, 2.75) is 105 Å². The molecule has 10 atom stereocenters. The van der Waals surface area contributed by atoms with Crippen molar-refractivity contribution in [1.82, 2.24) is 0 Å². The summed E-state index contributed by atoms with van der Waals surface area (Å²) in [5.41, 5.74) is -0.249. The van der Waals surface area contributed by atoms with Crippen molar-refractivity contribution >= 4 is 23.7 Å². The third kappa shape index (κ3) is 4.17. The van der Waals surface area contributed by atoms with Crippen LogP contribution in [0.3, 0.4) is 0 Å². The first-order valence-electron chi connectivity index (χ1n) is 12.9. The Bertz CT molecular complexity index is 867. The molecule has 0 aromatic heterocycles. The topological polar surface area (TPSA) is 96.0 Å². The summed E-state index contributed by atoms with van der Waals surface area (Å²) in [5, 5.41) is 0. The predicted octanol–water partition coefficient (Wildman–Crippen LogP) is 4.25. The summed E-state index contributed by atoms with van der Waals surface area (Å²) in [7, 11) is 0. The molecule has 0 aromatic carbocycles. The van der Waals surface area contributed by atoms with E-state index in [1.165, 1.54) is 20.8 Å². The molecule has 4 fully saturated rings. The molecule has 0 aromatic rings. The fourth-order valence-electron chi connectivity index (χ4n) is 8.86. The van der Waals surface area contributed by atoms with Crippen LogP contribution in [0.2, 0.25) is 0 Å². The minimum absolute atomic E-state index is 0.0454. The van der Waals surface area contributed by atoms with E-state index in [9.17, 15) is 19.2 Å². The van der Waals surface area contributed by atoms with Crippen LogP contribution in [0.15, 0.2) is 0 Å². The molecule has 7 heteroatoms. The summed E-state index contributed by atoms with van der Waals surface area (Å²) < 4.78 is 16.8. The van der Waals surface area contributed by atoms with Gasteiger partial charge in [-0.3, -0.25) is 19.2 Å². The van der Waals surface area contributed by atoms with Gasteiger partial charge in [0.25, 0.3) is 0 Å². The summed E-state index contributed by atoms with van der Waals surface area (Å²) in [6, 6.07) is 0. The maximum atomic E-state index is 13.6. The molecule has 4 aliphatic rings. The van der Waals surface area contributed by atoms with Crippen molar-refractivity contribution in [2.75, 3.05) is 0 Å². The van der Waals surface area contributed by atoms with Gasteiger partial charge in [-0.1, -0.05) is 13.8 Å². The van der Waals surface area contributed by atoms with E-state index in [0.717, 1.165) is 25.7 Å². The lowest BCUT2D eigenvalue weighted by Gasteiger charge is -2.61. The van der Waals surface area contributed by atoms with Gasteiger partial charge >= 0.3 is 17.9 Å². The van der Waals surface area contributed by atoms with Gasteiger partial charge in [-0.25, -0.2) is 0 Å². The zero-order valence-electron chi connectivity index (χ0n) is 21.4. The lowest BCUT2D eigenvalue weighted by Crippen LogP contribution is -2.60. The van der Waals surface area contributed by atoms with Crippen LogP contribution in [0.1, 0.15) is 86.5 Å². The van der Waals surface area contributed by atoms with E-state index in [1.807, 2.05) is 6.92 Å². The first-order valence-corrected chi connectivity index (χ1v) is 12.9. The largest absolute Gasteiger partial charge is 0.463 e. The molecule has 0 aliphatic heterocycles. The number of fused-ring (bicyclic) bond motifs is 5. The number of ketones is 1. The first-order chi connectivity index (χ1) is 15.9. The molecule has 4 saturated carbocycles. The first kappa shape index (κ1) is 25.2. The third-order valence-electron chi connectivity index (χ3n) is 10.1. The van der Waals surface area contributed by atoms with Crippen molar-refractivity contribution in [2.24, 2.45) is 40.4 Å². The fraction of sp³-hybridized carbons (Fsp3) is 0.852. The quantitative estimate of drug-likeness (QED) is 0.442. The van der Waals surface area contributed by atoms with Gasteiger partial charge in [-0.15, -0.1) is 0 Å². The van der Waals surface area contributed by atoms with Gasteiger partial charge in [0.2, 0.25) is 0 Å². The van der Waals surface area contributed by atoms with Gasteiger partial charge < -0.3 is 14.2 Å². The second kappa shape index (κ2) is 8.94. The molecule has 0 radical (unpaired) electrons. The SMILES string of the molecule is CC(=O)O[C@@H](C)[C@H]1CC[C@H]2[C@@H]3CC(=O)[C@H]4C[C@@H](OC(C)=O)[C@@H](OC(C)=O)C[C@]4(C)[C@H]3CC[C@]12C. The highest BCUT2D eigenvalue weighted by atomic mass is 16.6. The van der Waals surface area contributed by atoms with Crippen LogP contribution in [-0.2, 0) is 33.4 Å². The van der Waals surface area contributed by atoms with Crippen molar-refractivity contribution in [3.8, 4) is 0 Å². The maximum Gasteiger partial charge on any atom is 0.303 e. The van der Waals surface area contributed by atoms with Crippen LogP contribution in [0.4, 0.5) is 0 Å². The fourth-order valence-corrected chi connectivity index (χ4v) is 8.86. The van der Waals surface area contributed by atoms with Crippen molar-refractivity contribution < 1.29 is 33.4 Å². The summed E-state index contributed by atoms with van der Waals surface area (Å²) in [6.45, 7) is 10.7. The highest BCUT2D eigenvalue weighted by molar-refractivity contribution is 5.83. The monoisotopic (exact) mass is 476 g/mol. The highest BCUT2D eigenvalue weighted by Crippen LogP contribution is 2.67. The Kier molecular flexibility index (Phi) is 6.62. The standard InChI is InChI=1S/C27H40O7/c1-14(32-15(2)28)19-7-8-20-18-11-23(31)22-12-24(33-16(3)29)25(34-17(4)30)13-27(22,6)21(18)9-10-26(19,20)5/h14,18-22,24-25H,7-13H2,1-6H3/t14-,18-,19+,20-,21-,22+,24+,25-,26+,27+/m0/s1. The van der Waals surface area contributed by atoms with Gasteiger partial charge in [0.05, 0.1) is 0 Å². The molecule has 0 N–H and O–H groups in total. The second-order valence-corrected chi connectivity index (χ2v) is 11.9. The average Bonchev–Trinajstić information content (AvgIpc) is 3.05. The molecule has 0 heterocycles. The number of rotatable bonds is 4. The third-order valence-corrected chi connectivity index (χ3v) is 10.1. The van der Waals surface area contributed by atoms with Crippen LogP contribution in [0.5, 0.6) is 0 Å². The average molecular weight is 477 g/mol. The maximum absolute atomic E-state index is 13.6.